The van der Waals surface area contributed by atoms with Crippen molar-refractivity contribution in [1.29, 1.82) is 0 Å². The van der Waals surface area contributed by atoms with Gasteiger partial charge in [0.1, 0.15) is 5.82 Å². The van der Waals surface area contributed by atoms with E-state index in [9.17, 15) is 14.0 Å². The third kappa shape index (κ3) is 3.64. The fraction of sp³-hybridized carbons (Fsp3) is 0.500. The maximum absolute atomic E-state index is 13.2. The maximum Gasteiger partial charge on any atom is 0.227 e. The van der Waals surface area contributed by atoms with Crippen LogP contribution in [-0.2, 0) is 14.3 Å². The lowest BCUT2D eigenvalue weighted by molar-refractivity contribution is -0.126. The van der Waals surface area contributed by atoms with Crippen LogP contribution in [0.25, 0.3) is 0 Å². The zero-order valence-electron chi connectivity index (χ0n) is 12.6. The summed E-state index contributed by atoms with van der Waals surface area (Å²) in [7, 11) is 0. The number of carbonyl (C=O) groups excluding carboxylic acids is 2. The fourth-order valence-electron chi connectivity index (χ4n) is 2.95. The van der Waals surface area contributed by atoms with Crippen LogP contribution in [-0.4, -0.2) is 37.6 Å². The predicted octanol–water partition coefficient (Wildman–Crippen LogP) is 2.13. The van der Waals surface area contributed by atoms with Crippen LogP contribution in [0.5, 0.6) is 0 Å². The van der Waals surface area contributed by atoms with Gasteiger partial charge in [-0.05, 0) is 31.0 Å². The molecule has 0 radical (unpaired) electrons. The molecule has 7 heteroatoms. The monoisotopic (exact) mass is 340 g/mol. The molecule has 3 rings (SSSR count). The van der Waals surface area contributed by atoms with E-state index >= 15 is 0 Å². The summed E-state index contributed by atoms with van der Waals surface area (Å²) in [6.07, 6.45) is 2.18. The second-order valence-electron chi connectivity index (χ2n) is 5.88. The van der Waals surface area contributed by atoms with Crippen LogP contribution in [0.4, 0.5) is 10.1 Å². The Labute approximate surface area is 138 Å². The topological polar surface area (TPSA) is 58.6 Å². The number of rotatable bonds is 4. The van der Waals surface area contributed by atoms with Crippen molar-refractivity contribution in [3.8, 4) is 0 Å². The van der Waals surface area contributed by atoms with Crippen molar-refractivity contribution in [3.05, 3.63) is 29.0 Å². The van der Waals surface area contributed by atoms with E-state index in [0.29, 0.717) is 12.2 Å². The number of halogens is 2. The van der Waals surface area contributed by atoms with Gasteiger partial charge in [-0.3, -0.25) is 9.59 Å². The number of anilines is 1. The highest BCUT2D eigenvalue weighted by molar-refractivity contribution is 6.31. The first-order valence-corrected chi connectivity index (χ1v) is 8.07. The number of hydrogen-bond donors (Lipinski definition) is 1. The van der Waals surface area contributed by atoms with Crippen LogP contribution in [0.3, 0.4) is 0 Å². The Morgan fingerprint density at radius 2 is 2.30 bits per heavy atom. The van der Waals surface area contributed by atoms with Crippen molar-refractivity contribution in [2.24, 2.45) is 5.92 Å². The lowest BCUT2D eigenvalue weighted by Gasteiger charge is -2.17. The minimum atomic E-state index is -0.534. The molecule has 2 heterocycles. The van der Waals surface area contributed by atoms with Crippen LogP contribution in [0.2, 0.25) is 5.02 Å². The standard InChI is InChI=1S/C16H18ClFN2O3/c17-13-7-11(3-4-14(13)18)20-9-10(6-15(20)21)16(22)19-8-12-2-1-5-23-12/h3-4,7,10,12H,1-2,5-6,8-9H2,(H,19,22)/t10-,12+/m0/s1. The van der Waals surface area contributed by atoms with Gasteiger partial charge in [0, 0.05) is 31.8 Å². The highest BCUT2D eigenvalue weighted by atomic mass is 35.5. The molecule has 5 nitrogen and oxygen atoms in total. The molecule has 2 saturated heterocycles. The van der Waals surface area contributed by atoms with Gasteiger partial charge in [-0.1, -0.05) is 11.6 Å². The molecule has 2 amide bonds. The maximum atomic E-state index is 13.2. The second-order valence-corrected chi connectivity index (χ2v) is 6.29. The van der Waals surface area contributed by atoms with E-state index in [-0.39, 0.29) is 35.9 Å². The number of ether oxygens (including phenoxy) is 1. The number of benzene rings is 1. The molecule has 2 aliphatic rings. The molecular formula is C16H18ClFN2O3. The van der Waals surface area contributed by atoms with Crippen molar-refractivity contribution in [2.45, 2.75) is 25.4 Å². The molecule has 0 aromatic heterocycles. The van der Waals surface area contributed by atoms with Gasteiger partial charge in [-0.2, -0.15) is 0 Å². The molecule has 0 unspecified atom stereocenters. The van der Waals surface area contributed by atoms with Crippen molar-refractivity contribution in [1.82, 2.24) is 5.32 Å². The van der Waals surface area contributed by atoms with Gasteiger partial charge in [-0.15, -0.1) is 0 Å². The van der Waals surface area contributed by atoms with Gasteiger partial charge >= 0.3 is 0 Å². The smallest absolute Gasteiger partial charge is 0.227 e. The van der Waals surface area contributed by atoms with Gasteiger partial charge in [0.2, 0.25) is 11.8 Å². The zero-order valence-corrected chi connectivity index (χ0v) is 13.3. The van der Waals surface area contributed by atoms with Gasteiger partial charge in [0.05, 0.1) is 17.0 Å². The molecule has 0 spiro atoms. The molecule has 0 saturated carbocycles. The minimum absolute atomic E-state index is 0.0402. The van der Waals surface area contributed by atoms with Gasteiger partial charge in [-0.25, -0.2) is 4.39 Å². The van der Waals surface area contributed by atoms with E-state index in [2.05, 4.69) is 5.32 Å². The first-order valence-electron chi connectivity index (χ1n) is 7.69. The third-order valence-corrected chi connectivity index (χ3v) is 4.53. The number of nitrogens with one attached hydrogen (secondary N) is 1. The summed E-state index contributed by atoms with van der Waals surface area (Å²) in [5, 5.41) is 2.81. The van der Waals surface area contributed by atoms with Crippen LogP contribution in [0.1, 0.15) is 19.3 Å². The molecule has 2 atom stereocenters. The average Bonchev–Trinajstić information content (AvgIpc) is 3.17. The Bertz CT molecular complexity index is 619. The Morgan fingerprint density at radius 1 is 1.48 bits per heavy atom. The lowest BCUT2D eigenvalue weighted by Crippen LogP contribution is -2.37. The number of amides is 2. The molecule has 0 aliphatic carbocycles. The number of hydrogen-bond acceptors (Lipinski definition) is 3. The largest absolute Gasteiger partial charge is 0.376 e. The molecule has 1 aromatic carbocycles. The normalized spacial score (nSPS) is 24.3. The fourth-order valence-corrected chi connectivity index (χ4v) is 3.12. The van der Waals surface area contributed by atoms with Gasteiger partial charge < -0.3 is 15.0 Å². The van der Waals surface area contributed by atoms with E-state index < -0.39 is 11.7 Å². The van der Waals surface area contributed by atoms with Gasteiger partial charge in [0.15, 0.2) is 0 Å². The summed E-state index contributed by atoms with van der Waals surface area (Å²) in [6.45, 7) is 1.49. The zero-order chi connectivity index (χ0) is 16.4. The van der Waals surface area contributed by atoms with Crippen LogP contribution in [0, 0.1) is 11.7 Å². The first-order chi connectivity index (χ1) is 11.0. The van der Waals surface area contributed by atoms with Crippen molar-refractivity contribution < 1.29 is 18.7 Å². The minimum Gasteiger partial charge on any atom is -0.376 e. The Morgan fingerprint density at radius 3 is 3.00 bits per heavy atom. The summed E-state index contributed by atoms with van der Waals surface area (Å²) in [6, 6.07) is 4.11. The van der Waals surface area contributed by atoms with Crippen molar-refractivity contribution >= 4 is 29.1 Å². The van der Waals surface area contributed by atoms with Crippen LogP contribution >= 0.6 is 11.6 Å². The van der Waals surface area contributed by atoms with Crippen LogP contribution in [0.15, 0.2) is 18.2 Å². The van der Waals surface area contributed by atoms with E-state index in [1.165, 1.54) is 23.1 Å². The summed E-state index contributed by atoms with van der Waals surface area (Å²) in [5.74, 6) is -1.25. The molecular weight excluding hydrogens is 323 g/mol. The first kappa shape index (κ1) is 16.2. The van der Waals surface area contributed by atoms with Crippen molar-refractivity contribution in [2.75, 3.05) is 24.6 Å². The number of nitrogens with zero attached hydrogens (tertiary/aromatic N) is 1. The van der Waals surface area contributed by atoms with Crippen molar-refractivity contribution in [3.63, 3.8) is 0 Å². The predicted molar refractivity (Wildman–Crippen MR) is 83.9 cm³/mol. The Hall–Kier alpha value is -1.66. The third-order valence-electron chi connectivity index (χ3n) is 4.24. The molecule has 124 valence electrons. The van der Waals surface area contributed by atoms with E-state index in [1.54, 1.807) is 0 Å². The van der Waals surface area contributed by atoms with E-state index in [0.717, 1.165) is 19.4 Å². The number of carbonyl (C=O) groups is 2. The summed E-state index contributed by atoms with van der Waals surface area (Å²) in [4.78, 5) is 25.8. The lowest BCUT2D eigenvalue weighted by atomic mass is 10.1. The van der Waals surface area contributed by atoms with Crippen LogP contribution < -0.4 is 10.2 Å². The van der Waals surface area contributed by atoms with E-state index in [1.807, 2.05) is 0 Å². The summed E-state index contributed by atoms with van der Waals surface area (Å²) in [5.41, 5.74) is 0.510. The molecule has 2 aliphatic heterocycles. The highest BCUT2D eigenvalue weighted by Crippen LogP contribution is 2.28. The Balaban J connectivity index is 1.59. The van der Waals surface area contributed by atoms with Gasteiger partial charge in [0.25, 0.3) is 0 Å². The quantitative estimate of drug-likeness (QED) is 0.913. The highest BCUT2D eigenvalue weighted by Gasteiger charge is 2.35. The molecule has 23 heavy (non-hydrogen) atoms. The summed E-state index contributed by atoms with van der Waals surface area (Å²) < 4.78 is 18.7. The van der Waals surface area contributed by atoms with E-state index in [4.69, 9.17) is 16.3 Å². The Kier molecular flexibility index (Phi) is 4.82. The SMILES string of the molecule is O=C(NC[C@H]1CCCO1)[C@H]1CC(=O)N(c2ccc(F)c(Cl)c2)C1. The summed E-state index contributed by atoms with van der Waals surface area (Å²) >= 11 is 5.76. The molecule has 2 fully saturated rings. The second kappa shape index (κ2) is 6.84. The molecule has 1 N–H and O–H groups in total. The average molecular weight is 341 g/mol. The molecule has 1 aromatic rings. The molecule has 0 bridgehead atoms.